The molecule has 0 saturated carbocycles. The number of carbonyl (C=O) groups is 1. The van der Waals surface area contributed by atoms with Crippen LogP contribution >= 0.6 is 0 Å². The molecule has 0 amide bonds. The molecule has 0 unspecified atom stereocenters. The smallest absolute Gasteiger partial charge is 0.340 e. The molecule has 6 heteroatoms. The van der Waals surface area contributed by atoms with Gasteiger partial charge in [-0.05, 0) is 17.7 Å². The fourth-order valence-electron chi connectivity index (χ4n) is 1.66. The molecule has 2 rings (SSSR count). The van der Waals surface area contributed by atoms with Crippen molar-refractivity contribution in [2.45, 2.75) is 6.54 Å². The number of carbonyl (C=O) groups excluding carboxylic acids is 1. The molecular formula is C13H14FN3O2. The van der Waals surface area contributed by atoms with E-state index >= 15 is 0 Å². The van der Waals surface area contributed by atoms with Crippen molar-refractivity contribution in [2.75, 3.05) is 12.4 Å². The molecule has 1 N–H and O–H groups in total. The zero-order valence-corrected chi connectivity index (χ0v) is 10.7. The molecule has 0 spiro atoms. The minimum atomic E-state index is -0.677. The lowest BCUT2D eigenvalue weighted by Crippen LogP contribution is -2.06. The SMILES string of the molecule is COC(=O)c1ccc(CNc2cnn(C)c2)cc1F. The van der Waals surface area contributed by atoms with Crippen molar-refractivity contribution in [1.29, 1.82) is 0 Å². The van der Waals surface area contributed by atoms with Gasteiger partial charge in [-0.2, -0.15) is 5.10 Å². The van der Waals surface area contributed by atoms with E-state index in [1.165, 1.54) is 19.2 Å². The van der Waals surface area contributed by atoms with E-state index in [1.54, 1.807) is 16.9 Å². The van der Waals surface area contributed by atoms with Crippen LogP contribution in [0.2, 0.25) is 0 Å². The minimum Gasteiger partial charge on any atom is -0.465 e. The predicted octanol–water partition coefficient (Wildman–Crippen LogP) is 1.96. The van der Waals surface area contributed by atoms with Gasteiger partial charge in [0.2, 0.25) is 0 Å². The number of nitrogens with zero attached hydrogens (tertiary/aromatic N) is 2. The largest absolute Gasteiger partial charge is 0.465 e. The molecule has 1 aromatic carbocycles. The number of aromatic nitrogens is 2. The Morgan fingerprint density at radius 2 is 2.32 bits per heavy atom. The van der Waals surface area contributed by atoms with Crippen molar-refractivity contribution in [3.05, 3.63) is 47.5 Å². The highest BCUT2D eigenvalue weighted by Gasteiger charge is 2.12. The molecule has 100 valence electrons. The first-order valence-electron chi connectivity index (χ1n) is 5.69. The summed E-state index contributed by atoms with van der Waals surface area (Å²) in [7, 11) is 3.04. The second-order valence-electron chi connectivity index (χ2n) is 4.06. The minimum absolute atomic E-state index is 0.0624. The lowest BCUT2D eigenvalue weighted by atomic mass is 10.1. The number of rotatable bonds is 4. The maximum atomic E-state index is 13.7. The van der Waals surface area contributed by atoms with E-state index in [0.29, 0.717) is 6.54 Å². The molecule has 0 aliphatic rings. The van der Waals surface area contributed by atoms with Crippen LogP contribution in [0.25, 0.3) is 0 Å². The number of ether oxygens (including phenoxy) is 1. The van der Waals surface area contributed by atoms with Gasteiger partial charge >= 0.3 is 5.97 Å². The second-order valence-corrected chi connectivity index (χ2v) is 4.06. The molecule has 0 saturated heterocycles. The van der Waals surface area contributed by atoms with Crippen molar-refractivity contribution >= 4 is 11.7 Å². The third-order valence-electron chi connectivity index (χ3n) is 2.64. The second kappa shape index (κ2) is 5.51. The summed E-state index contributed by atoms with van der Waals surface area (Å²) in [5.41, 5.74) is 1.52. The van der Waals surface area contributed by atoms with E-state index in [2.05, 4.69) is 15.2 Å². The highest BCUT2D eigenvalue weighted by Crippen LogP contribution is 2.13. The van der Waals surface area contributed by atoms with Crippen LogP contribution in [-0.2, 0) is 18.3 Å². The number of aryl methyl sites for hydroxylation is 1. The standard InChI is InChI=1S/C13H14FN3O2/c1-17-8-10(7-16-17)15-6-9-3-4-11(12(14)5-9)13(18)19-2/h3-5,7-8,15H,6H2,1-2H3. The fourth-order valence-corrected chi connectivity index (χ4v) is 1.66. The van der Waals surface area contributed by atoms with E-state index in [1.807, 2.05) is 13.2 Å². The summed E-state index contributed by atoms with van der Waals surface area (Å²) < 4.78 is 19.8. The van der Waals surface area contributed by atoms with Gasteiger partial charge in [-0.25, -0.2) is 9.18 Å². The van der Waals surface area contributed by atoms with Gasteiger partial charge in [0.05, 0.1) is 24.6 Å². The summed E-state index contributed by atoms with van der Waals surface area (Å²) in [5.74, 6) is -1.26. The van der Waals surface area contributed by atoms with Crippen molar-refractivity contribution in [2.24, 2.45) is 7.05 Å². The van der Waals surface area contributed by atoms with E-state index in [0.717, 1.165) is 11.3 Å². The average molecular weight is 263 g/mol. The quantitative estimate of drug-likeness (QED) is 0.857. The van der Waals surface area contributed by atoms with Gasteiger partial charge in [0.1, 0.15) is 5.82 Å². The van der Waals surface area contributed by atoms with Crippen LogP contribution in [0.3, 0.4) is 0 Å². The van der Waals surface area contributed by atoms with Crippen molar-refractivity contribution in [3.63, 3.8) is 0 Å². The lowest BCUT2D eigenvalue weighted by Gasteiger charge is -2.06. The summed E-state index contributed by atoms with van der Waals surface area (Å²) in [5, 5.41) is 7.12. The predicted molar refractivity (Wildman–Crippen MR) is 68.3 cm³/mol. The average Bonchev–Trinajstić information content (AvgIpc) is 2.81. The Bertz CT molecular complexity index is 595. The van der Waals surface area contributed by atoms with E-state index < -0.39 is 11.8 Å². The Morgan fingerprint density at radius 1 is 1.53 bits per heavy atom. The number of halogens is 1. The topological polar surface area (TPSA) is 56.1 Å². The number of hydrogen-bond donors (Lipinski definition) is 1. The van der Waals surface area contributed by atoms with Crippen LogP contribution in [0.1, 0.15) is 15.9 Å². The van der Waals surface area contributed by atoms with E-state index in [-0.39, 0.29) is 5.56 Å². The molecule has 0 fully saturated rings. The van der Waals surface area contributed by atoms with Crippen molar-refractivity contribution < 1.29 is 13.9 Å². The van der Waals surface area contributed by atoms with Gasteiger partial charge in [-0.15, -0.1) is 0 Å². The maximum absolute atomic E-state index is 13.7. The monoisotopic (exact) mass is 263 g/mol. The molecule has 0 aliphatic carbocycles. The molecule has 19 heavy (non-hydrogen) atoms. The maximum Gasteiger partial charge on any atom is 0.340 e. The molecule has 5 nitrogen and oxygen atoms in total. The Balaban J connectivity index is 2.06. The summed E-state index contributed by atoms with van der Waals surface area (Å²) in [4.78, 5) is 11.2. The molecular weight excluding hydrogens is 249 g/mol. The number of methoxy groups -OCH3 is 1. The fraction of sp³-hybridized carbons (Fsp3) is 0.231. The Hall–Kier alpha value is -2.37. The third kappa shape index (κ3) is 3.09. The van der Waals surface area contributed by atoms with Gasteiger partial charge in [0, 0.05) is 19.8 Å². The number of nitrogens with one attached hydrogen (secondary N) is 1. The first-order chi connectivity index (χ1) is 9.10. The molecule has 0 atom stereocenters. The number of hydrogen-bond acceptors (Lipinski definition) is 4. The number of benzene rings is 1. The molecule has 0 radical (unpaired) electrons. The van der Waals surface area contributed by atoms with Gasteiger partial charge in [-0.1, -0.05) is 6.07 Å². The summed E-state index contributed by atoms with van der Waals surface area (Å²) in [6, 6.07) is 4.41. The van der Waals surface area contributed by atoms with Crippen LogP contribution in [0, 0.1) is 5.82 Å². The van der Waals surface area contributed by atoms with Gasteiger partial charge in [0.15, 0.2) is 0 Å². The van der Waals surface area contributed by atoms with E-state index in [4.69, 9.17) is 0 Å². The summed E-state index contributed by atoms with van der Waals surface area (Å²) >= 11 is 0. The number of esters is 1. The summed E-state index contributed by atoms with van der Waals surface area (Å²) in [6.45, 7) is 0.448. The van der Waals surface area contributed by atoms with Crippen molar-refractivity contribution in [1.82, 2.24) is 9.78 Å². The zero-order valence-electron chi connectivity index (χ0n) is 10.7. The highest BCUT2D eigenvalue weighted by molar-refractivity contribution is 5.89. The zero-order chi connectivity index (χ0) is 13.8. The normalized spacial score (nSPS) is 10.3. The van der Waals surface area contributed by atoms with Gasteiger partial charge in [0.25, 0.3) is 0 Å². The molecule has 0 bridgehead atoms. The molecule has 1 heterocycles. The van der Waals surface area contributed by atoms with Gasteiger partial charge in [-0.3, -0.25) is 4.68 Å². The van der Waals surface area contributed by atoms with Crippen LogP contribution < -0.4 is 5.32 Å². The lowest BCUT2D eigenvalue weighted by molar-refractivity contribution is 0.0595. The van der Waals surface area contributed by atoms with Gasteiger partial charge < -0.3 is 10.1 Å². The highest BCUT2D eigenvalue weighted by atomic mass is 19.1. The Labute approximate surface area is 110 Å². The third-order valence-corrected chi connectivity index (χ3v) is 2.64. The Morgan fingerprint density at radius 3 is 2.89 bits per heavy atom. The van der Waals surface area contributed by atoms with Crippen LogP contribution in [0.5, 0.6) is 0 Å². The molecule has 2 aromatic rings. The van der Waals surface area contributed by atoms with Crippen LogP contribution in [-0.4, -0.2) is 22.9 Å². The Kier molecular flexibility index (Phi) is 3.79. The number of anilines is 1. The molecule has 1 aromatic heterocycles. The van der Waals surface area contributed by atoms with Crippen molar-refractivity contribution in [3.8, 4) is 0 Å². The molecule has 0 aliphatic heterocycles. The first-order valence-corrected chi connectivity index (χ1v) is 5.69. The van der Waals surface area contributed by atoms with E-state index in [9.17, 15) is 9.18 Å². The first kappa shape index (κ1) is 13.1. The van der Waals surface area contributed by atoms with Crippen LogP contribution in [0.4, 0.5) is 10.1 Å². The summed E-state index contributed by atoms with van der Waals surface area (Å²) in [6.07, 6.45) is 3.50. The van der Waals surface area contributed by atoms with Crippen LogP contribution in [0.15, 0.2) is 30.6 Å².